The maximum Gasteiger partial charge on any atom is 0.332 e. The van der Waals surface area contributed by atoms with Crippen molar-refractivity contribution in [2.45, 2.75) is 32.4 Å². The van der Waals surface area contributed by atoms with Gasteiger partial charge in [-0.1, -0.05) is 23.7 Å². The van der Waals surface area contributed by atoms with E-state index in [-0.39, 0.29) is 63.3 Å². The molecule has 206 valence electrons. The number of hydrogen-bond donors (Lipinski definition) is 0. The number of aryl methyl sites for hydroxylation is 2. The molecule has 2 atom stereocenters. The Kier molecular flexibility index (Phi) is 5.63. The van der Waals surface area contributed by atoms with Gasteiger partial charge in [-0.2, -0.15) is 4.98 Å². The van der Waals surface area contributed by atoms with Crippen molar-refractivity contribution in [2.24, 2.45) is 13.0 Å². The van der Waals surface area contributed by atoms with Crippen molar-refractivity contribution in [1.29, 1.82) is 0 Å². The van der Waals surface area contributed by atoms with Crippen LogP contribution in [0.4, 0.5) is 0 Å². The largest absolute Gasteiger partial charge is 0.496 e. The molecule has 4 aromatic rings. The summed E-state index contributed by atoms with van der Waals surface area (Å²) in [5, 5.41) is 3.71. The summed E-state index contributed by atoms with van der Waals surface area (Å²) in [5.41, 5.74) is -2.82. The topological polar surface area (TPSA) is 158 Å². The number of ether oxygens (including phenoxy) is 3. The van der Waals surface area contributed by atoms with Crippen LogP contribution in [-0.2, 0) is 20.0 Å². The number of fused-ring (bicyclic) bond motifs is 3. The summed E-state index contributed by atoms with van der Waals surface area (Å²) in [7, 11) is 4.25. The maximum absolute atomic E-state index is 14.2. The van der Waals surface area contributed by atoms with Crippen molar-refractivity contribution in [3.63, 3.8) is 0 Å². The van der Waals surface area contributed by atoms with E-state index in [0.29, 0.717) is 11.5 Å². The van der Waals surface area contributed by atoms with E-state index in [9.17, 15) is 19.2 Å². The minimum Gasteiger partial charge on any atom is -0.496 e. The number of Topliss-reactive ketones (excluding diaryl/α,β-unsaturated/α-hetero) is 2. The number of methoxy groups -OCH3 is 2. The molecule has 6 rings (SSSR count). The smallest absolute Gasteiger partial charge is 0.332 e. The Morgan fingerprint density at radius 2 is 1.82 bits per heavy atom. The Labute approximate surface area is 230 Å². The van der Waals surface area contributed by atoms with Crippen molar-refractivity contribution < 1.29 is 28.3 Å². The van der Waals surface area contributed by atoms with Crippen LogP contribution >= 0.6 is 11.6 Å². The second-order valence-electron chi connectivity index (χ2n) is 9.72. The van der Waals surface area contributed by atoms with Gasteiger partial charge in [0.15, 0.2) is 11.6 Å². The minimum atomic E-state index is -1.96. The average molecular weight is 568 g/mol. The van der Waals surface area contributed by atoms with Gasteiger partial charge < -0.3 is 18.7 Å². The second kappa shape index (κ2) is 8.74. The highest BCUT2D eigenvalue weighted by Gasteiger charge is 2.62. The maximum atomic E-state index is 14.2. The number of aromatic nitrogens is 5. The number of halogens is 1. The summed E-state index contributed by atoms with van der Waals surface area (Å²) in [6, 6.07) is 2.81. The molecule has 1 aromatic carbocycles. The summed E-state index contributed by atoms with van der Waals surface area (Å²) < 4.78 is 24.1. The zero-order valence-electron chi connectivity index (χ0n) is 22.0. The summed E-state index contributed by atoms with van der Waals surface area (Å²) in [6.45, 7) is 3.03. The summed E-state index contributed by atoms with van der Waals surface area (Å²) >= 11 is 6.49. The first kappa shape index (κ1) is 25.7. The third kappa shape index (κ3) is 3.30. The average Bonchev–Trinajstić information content (AvgIpc) is 3.50. The molecule has 0 fully saturated rings. The molecule has 0 unspecified atom stereocenters. The molecule has 1 spiro atoms. The van der Waals surface area contributed by atoms with Gasteiger partial charge in [0.25, 0.3) is 5.56 Å². The van der Waals surface area contributed by atoms with Crippen molar-refractivity contribution in [1.82, 2.24) is 24.3 Å². The quantitative estimate of drug-likeness (QED) is 0.331. The standard InChI is InChI=1S/C26H22ClN5O8/c1-10-6-14-12(21(33)26(10)22(34)18-15(37-4)8-16(38-5)19(27)20(18)39-26)7-13-23(29-14)31(3)25(36)32(24(13)35)9-17-28-11(2)30-40-17/h7-8,10H,6,9H2,1-5H3/t10-,26+/m1/s1. The van der Waals surface area contributed by atoms with Gasteiger partial charge in [-0.25, -0.2) is 9.78 Å². The molecule has 1 aliphatic heterocycles. The molecule has 0 saturated heterocycles. The molecule has 4 heterocycles. The molecule has 13 nitrogen and oxygen atoms in total. The van der Waals surface area contributed by atoms with Crippen LogP contribution < -0.4 is 25.5 Å². The van der Waals surface area contributed by atoms with Crippen LogP contribution in [0, 0.1) is 12.8 Å². The van der Waals surface area contributed by atoms with E-state index in [4.69, 9.17) is 30.3 Å². The lowest BCUT2D eigenvalue weighted by molar-refractivity contribution is 0.0257. The lowest BCUT2D eigenvalue weighted by Crippen LogP contribution is -2.57. The first-order valence-corrected chi connectivity index (χ1v) is 12.6. The van der Waals surface area contributed by atoms with E-state index < -0.39 is 34.3 Å². The van der Waals surface area contributed by atoms with Crippen molar-refractivity contribution in [3.05, 3.63) is 66.5 Å². The summed E-state index contributed by atoms with van der Waals surface area (Å²) in [6.07, 6.45) is 0.145. The molecule has 0 saturated carbocycles. The molecule has 14 heteroatoms. The zero-order valence-corrected chi connectivity index (χ0v) is 22.8. The first-order valence-electron chi connectivity index (χ1n) is 12.2. The number of hydrogen-bond acceptors (Lipinski definition) is 11. The molecule has 0 amide bonds. The molecular formula is C26H22ClN5O8. The Bertz CT molecular complexity index is 1910. The molecular weight excluding hydrogens is 546 g/mol. The second-order valence-corrected chi connectivity index (χ2v) is 10.1. The van der Waals surface area contributed by atoms with Gasteiger partial charge in [0.1, 0.15) is 34.3 Å². The fourth-order valence-electron chi connectivity index (χ4n) is 5.42. The van der Waals surface area contributed by atoms with Gasteiger partial charge >= 0.3 is 5.69 Å². The van der Waals surface area contributed by atoms with Crippen LogP contribution in [0.1, 0.15) is 45.0 Å². The van der Waals surface area contributed by atoms with E-state index in [1.54, 1.807) is 13.8 Å². The molecule has 3 aromatic heterocycles. The lowest BCUT2D eigenvalue weighted by Gasteiger charge is -2.36. The molecule has 2 aliphatic rings. The van der Waals surface area contributed by atoms with Crippen LogP contribution in [0.5, 0.6) is 17.2 Å². The molecule has 1 aliphatic carbocycles. The Morgan fingerprint density at radius 1 is 1.10 bits per heavy atom. The van der Waals surface area contributed by atoms with Crippen LogP contribution in [-0.4, -0.2) is 55.6 Å². The number of benzene rings is 1. The van der Waals surface area contributed by atoms with E-state index in [0.717, 1.165) is 4.57 Å². The number of carbonyl (C=O) groups excluding carboxylic acids is 2. The van der Waals surface area contributed by atoms with Crippen LogP contribution in [0.3, 0.4) is 0 Å². The van der Waals surface area contributed by atoms with Crippen LogP contribution in [0.15, 0.2) is 26.2 Å². The van der Waals surface area contributed by atoms with Gasteiger partial charge in [-0.05, 0) is 19.4 Å². The zero-order chi connectivity index (χ0) is 28.7. The van der Waals surface area contributed by atoms with Gasteiger partial charge in [-0.15, -0.1) is 0 Å². The number of rotatable bonds is 4. The fraction of sp³-hybridized carbons (Fsp3) is 0.346. The fourth-order valence-corrected chi connectivity index (χ4v) is 5.69. The third-order valence-electron chi connectivity index (χ3n) is 7.45. The Morgan fingerprint density at radius 3 is 2.48 bits per heavy atom. The minimum absolute atomic E-state index is 0.00428. The summed E-state index contributed by atoms with van der Waals surface area (Å²) in [4.78, 5) is 63.3. The molecule has 40 heavy (non-hydrogen) atoms. The lowest BCUT2D eigenvalue weighted by atomic mass is 9.71. The normalized spacial score (nSPS) is 19.6. The van der Waals surface area contributed by atoms with Crippen molar-refractivity contribution in [2.75, 3.05) is 14.2 Å². The van der Waals surface area contributed by atoms with Crippen molar-refractivity contribution in [3.8, 4) is 17.2 Å². The number of carbonyl (C=O) groups is 2. The number of nitrogens with zero attached hydrogens (tertiary/aromatic N) is 5. The van der Waals surface area contributed by atoms with Crippen LogP contribution in [0.2, 0.25) is 5.02 Å². The highest BCUT2D eigenvalue weighted by Crippen LogP contribution is 2.53. The van der Waals surface area contributed by atoms with E-state index in [2.05, 4.69) is 15.1 Å². The highest BCUT2D eigenvalue weighted by molar-refractivity contribution is 6.36. The first-order chi connectivity index (χ1) is 19.0. The van der Waals surface area contributed by atoms with Gasteiger partial charge in [0, 0.05) is 24.6 Å². The Balaban J connectivity index is 1.53. The molecule has 0 radical (unpaired) electrons. The van der Waals surface area contributed by atoms with Gasteiger partial charge in [-0.3, -0.25) is 23.5 Å². The SMILES string of the molecule is COc1cc(OC)c2c(c1Cl)O[C@@]1(C(=O)c3cc4c(=O)n(Cc5nc(C)no5)c(=O)n(C)c4nc3C[C@H]1C)C2=O. The van der Waals surface area contributed by atoms with Gasteiger partial charge in [0.2, 0.25) is 23.1 Å². The molecule has 0 N–H and O–H groups in total. The van der Waals surface area contributed by atoms with Crippen molar-refractivity contribution >= 4 is 34.2 Å². The van der Waals surface area contributed by atoms with E-state index in [1.807, 2.05) is 0 Å². The third-order valence-corrected chi connectivity index (χ3v) is 7.81. The monoisotopic (exact) mass is 567 g/mol. The highest BCUT2D eigenvalue weighted by atomic mass is 35.5. The van der Waals surface area contributed by atoms with Crippen LogP contribution in [0.25, 0.3) is 11.0 Å². The number of pyridine rings is 1. The Hall–Kier alpha value is -4.52. The molecule has 0 bridgehead atoms. The number of ketones is 2. The van der Waals surface area contributed by atoms with E-state index in [1.165, 1.54) is 38.0 Å². The van der Waals surface area contributed by atoms with E-state index >= 15 is 0 Å². The predicted octanol–water partition coefficient (Wildman–Crippen LogP) is 1.89. The predicted molar refractivity (Wildman–Crippen MR) is 139 cm³/mol. The summed E-state index contributed by atoms with van der Waals surface area (Å²) in [5.74, 6) is -1.22. The van der Waals surface area contributed by atoms with Gasteiger partial charge in [0.05, 0.1) is 25.3 Å².